The van der Waals surface area contributed by atoms with Crippen LogP contribution in [-0.2, 0) is 4.74 Å². The van der Waals surface area contributed by atoms with Gasteiger partial charge in [0.05, 0.1) is 12.4 Å². The van der Waals surface area contributed by atoms with E-state index in [1.165, 1.54) is 17.8 Å². The maximum absolute atomic E-state index is 10.8. The Morgan fingerprint density at radius 1 is 1.62 bits per heavy atom. The number of rotatable bonds is 2. The number of ether oxygens (including phenoxy) is 1. The number of nitrogens with two attached hydrogens (primary N) is 1. The quantitative estimate of drug-likeness (QED) is 0.356. The van der Waals surface area contributed by atoms with Crippen LogP contribution in [0.1, 0.15) is 13.2 Å². The topological polar surface area (TPSA) is 142 Å². The number of halogens is 1. The normalized spacial score (nSPS) is 31.0. The summed E-state index contributed by atoms with van der Waals surface area (Å²) in [4.78, 5) is 10.9. The summed E-state index contributed by atoms with van der Waals surface area (Å²) in [5.41, 5.74) is 4.14. The fourth-order valence-corrected chi connectivity index (χ4v) is 3.10. The minimum absolute atomic E-state index is 0.0480. The molecule has 0 saturated carbocycles. The number of nitrogen functional groups attached to an aromatic ring is 1. The Morgan fingerprint density at radius 2 is 2.33 bits per heavy atom. The van der Waals surface area contributed by atoms with E-state index in [0.29, 0.717) is 5.52 Å². The van der Waals surface area contributed by atoms with Gasteiger partial charge in [-0.2, -0.15) is 4.98 Å². The second kappa shape index (κ2) is 5.96. The largest absolute Gasteiger partial charge is 0.391 e. The van der Waals surface area contributed by atoms with Gasteiger partial charge in [0, 0.05) is 5.38 Å². The van der Waals surface area contributed by atoms with Crippen molar-refractivity contribution in [1.82, 2.24) is 19.5 Å². The van der Waals surface area contributed by atoms with Gasteiger partial charge in [0.1, 0.15) is 22.4 Å². The molecular formula is C13H14ClN5O4S. The molecular weight excluding hydrogens is 358 g/mol. The molecule has 1 saturated heterocycles. The SMILES string of the molecule is C[C@@H](O)[C@H]1O[C@@H](n2cnc3c(=S)[nH]c(N)nc32)C(O)(C#CCl)C1O. The van der Waals surface area contributed by atoms with E-state index in [4.69, 9.17) is 34.3 Å². The number of imidazole rings is 1. The molecule has 2 unspecified atom stereocenters. The van der Waals surface area contributed by atoms with E-state index in [-0.39, 0.29) is 16.2 Å². The molecule has 0 spiro atoms. The van der Waals surface area contributed by atoms with Crippen molar-refractivity contribution in [3.05, 3.63) is 11.0 Å². The first kappa shape index (κ1) is 17.1. The highest BCUT2D eigenvalue weighted by atomic mass is 35.5. The van der Waals surface area contributed by atoms with E-state index in [1.807, 2.05) is 5.38 Å². The van der Waals surface area contributed by atoms with Gasteiger partial charge in [-0.15, -0.1) is 0 Å². The molecule has 3 heterocycles. The third-order valence-electron chi connectivity index (χ3n) is 3.85. The van der Waals surface area contributed by atoms with Crippen molar-refractivity contribution in [1.29, 1.82) is 0 Å². The lowest BCUT2D eigenvalue weighted by Crippen LogP contribution is -2.47. The Hall–Kier alpha value is -1.74. The number of aromatic amines is 1. The molecule has 1 fully saturated rings. The number of nitrogens with one attached hydrogen (secondary N) is 1. The Kier molecular flexibility index (Phi) is 4.25. The van der Waals surface area contributed by atoms with Crippen molar-refractivity contribution < 1.29 is 20.1 Å². The molecule has 0 aromatic carbocycles. The number of fused-ring (bicyclic) bond motifs is 1. The van der Waals surface area contributed by atoms with Gasteiger partial charge in [0.25, 0.3) is 0 Å². The molecule has 2 aromatic rings. The van der Waals surface area contributed by atoms with E-state index in [9.17, 15) is 15.3 Å². The van der Waals surface area contributed by atoms with Crippen molar-refractivity contribution in [3.8, 4) is 11.3 Å². The monoisotopic (exact) mass is 371 g/mol. The third kappa shape index (κ3) is 2.46. The summed E-state index contributed by atoms with van der Waals surface area (Å²) in [6.45, 7) is 1.42. The maximum atomic E-state index is 10.8. The van der Waals surface area contributed by atoms with Crippen LogP contribution in [0.2, 0.25) is 0 Å². The van der Waals surface area contributed by atoms with E-state index in [0.717, 1.165) is 0 Å². The lowest BCUT2D eigenvalue weighted by molar-refractivity contribution is -0.0847. The summed E-state index contributed by atoms with van der Waals surface area (Å²) < 4.78 is 7.22. The van der Waals surface area contributed by atoms with Crippen LogP contribution >= 0.6 is 23.8 Å². The summed E-state index contributed by atoms with van der Waals surface area (Å²) in [6.07, 6.45) is -3.58. The number of nitrogens with zero attached hydrogens (tertiary/aromatic N) is 3. The molecule has 3 rings (SSSR count). The fraction of sp³-hybridized carbons (Fsp3) is 0.462. The molecule has 128 valence electrons. The Labute approximate surface area is 146 Å². The van der Waals surface area contributed by atoms with Gasteiger partial charge >= 0.3 is 0 Å². The lowest BCUT2D eigenvalue weighted by atomic mass is 9.93. The van der Waals surface area contributed by atoms with Crippen molar-refractivity contribution in [2.75, 3.05) is 5.73 Å². The molecule has 5 atom stereocenters. The molecule has 24 heavy (non-hydrogen) atoms. The van der Waals surface area contributed by atoms with Crippen molar-refractivity contribution >= 4 is 40.9 Å². The molecule has 2 aromatic heterocycles. The molecule has 6 N–H and O–H groups in total. The van der Waals surface area contributed by atoms with Crippen LogP contribution < -0.4 is 5.73 Å². The van der Waals surface area contributed by atoms with Crippen molar-refractivity contribution in [3.63, 3.8) is 0 Å². The van der Waals surface area contributed by atoms with Crippen LogP contribution in [0.15, 0.2) is 6.33 Å². The fourth-order valence-electron chi connectivity index (χ4n) is 2.70. The van der Waals surface area contributed by atoms with Gasteiger partial charge < -0.3 is 30.8 Å². The van der Waals surface area contributed by atoms with Crippen LogP contribution in [-0.4, -0.2) is 58.8 Å². The Bertz CT molecular complexity index is 903. The molecule has 1 aliphatic rings. The molecule has 0 bridgehead atoms. The molecule has 9 nitrogen and oxygen atoms in total. The average Bonchev–Trinajstić information content (AvgIpc) is 3.00. The molecule has 11 heteroatoms. The van der Waals surface area contributed by atoms with Crippen LogP contribution in [0.5, 0.6) is 0 Å². The molecule has 0 amide bonds. The standard InChI is InChI=1S/C13H14ClN5O4S/c1-5(20)7-8(21)13(22,2-3-14)11(23-7)19-4-16-6-9(19)17-12(15)18-10(6)24/h4-5,7-8,11,20-22H,1H3,(H3,15,17,18,24)/t5-,7-,8?,11-,13?/m1/s1. The Balaban J connectivity index is 2.20. The van der Waals surface area contributed by atoms with Crippen LogP contribution in [0, 0.1) is 15.9 Å². The van der Waals surface area contributed by atoms with E-state index >= 15 is 0 Å². The van der Waals surface area contributed by atoms with Crippen LogP contribution in [0.4, 0.5) is 5.95 Å². The minimum atomic E-state index is -2.09. The predicted molar refractivity (Wildman–Crippen MR) is 87.3 cm³/mol. The second-order valence-electron chi connectivity index (χ2n) is 5.46. The van der Waals surface area contributed by atoms with E-state index in [1.54, 1.807) is 0 Å². The van der Waals surface area contributed by atoms with E-state index in [2.05, 4.69) is 20.9 Å². The van der Waals surface area contributed by atoms with Gasteiger partial charge in [0.15, 0.2) is 11.9 Å². The van der Waals surface area contributed by atoms with Gasteiger partial charge in [-0.25, -0.2) is 4.98 Å². The highest BCUT2D eigenvalue weighted by molar-refractivity contribution is 7.71. The minimum Gasteiger partial charge on any atom is -0.391 e. The number of H-pyrrole nitrogens is 1. The number of aliphatic hydroxyl groups excluding tert-OH is 2. The van der Waals surface area contributed by atoms with Gasteiger partial charge in [-0.05, 0) is 24.4 Å². The average molecular weight is 372 g/mol. The first-order valence-electron chi connectivity index (χ1n) is 6.88. The first-order chi connectivity index (χ1) is 11.3. The lowest BCUT2D eigenvalue weighted by Gasteiger charge is -2.26. The van der Waals surface area contributed by atoms with Crippen LogP contribution in [0.3, 0.4) is 0 Å². The van der Waals surface area contributed by atoms with Crippen molar-refractivity contribution in [2.45, 2.75) is 37.1 Å². The van der Waals surface area contributed by atoms with Gasteiger partial charge in [0.2, 0.25) is 11.5 Å². The Morgan fingerprint density at radius 3 is 2.96 bits per heavy atom. The maximum Gasteiger partial charge on any atom is 0.200 e. The number of anilines is 1. The smallest absolute Gasteiger partial charge is 0.200 e. The second-order valence-corrected chi connectivity index (χ2v) is 6.06. The third-order valence-corrected chi connectivity index (χ3v) is 4.24. The van der Waals surface area contributed by atoms with Crippen molar-refractivity contribution in [2.24, 2.45) is 0 Å². The van der Waals surface area contributed by atoms with Crippen LogP contribution in [0.25, 0.3) is 11.2 Å². The molecule has 0 aliphatic carbocycles. The highest BCUT2D eigenvalue weighted by Crippen LogP contribution is 2.40. The zero-order valence-electron chi connectivity index (χ0n) is 12.3. The highest BCUT2D eigenvalue weighted by Gasteiger charge is 2.57. The molecule has 1 aliphatic heterocycles. The predicted octanol–water partition coefficient (Wildman–Crippen LogP) is -0.359. The molecule has 0 radical (unpaired) electrons. The van der Waals surface area contributed by atoms with Gasteiger partial charge in [-0.1, -0.05) is 12.2 Å². The number of hydrogen-bond donors (Lipinski definition) is 5. The number of aromatic nitrogens is 4. The summed E-state index contributed by atoms with van der Waals surface area (Å²) in [6, 6.07) is 0. The van der Waals surface area contributed by atoms with E-state index < -0.39 is 30.1 Å². The summed E-state index contributed by atoms with van der Waals surface area (Å²) in [7, 11) is 0. The number of aliphatic hydroxyl groups is 3. The summed E-state index contributed by atoms with van der Waals surface area (Å²) >= 11 is 10.6. The summed E-state index contributed by atoms with van der Waals surface area (Å²) in [5.74, 6) is 2.38. The zero-order valence-corrected chi connectivity index (χ0v) is 13.9. The first-order valence-corrected chi connectivity index (χ1v) is 7.67. The summed E-state index contributed by atoms with van der Waals surface area (Å²) in [5, 5.41) is 33.0. The van der Waals surface area contributed by atoms with Gasteiger partial charge in [-0.3, -0.25) is 4.57 Å². The zero-order chi connectivity index (χ0) is 17.6. The number of hydrogen-bond acceptors (Lipinski definition) is 8.